The molecule has 7 aromatic carbocycles. The zero-order valence-corrected chi connectivity index (χ0v) is 22.9. The first-order valence-corrected chi connectivity index (χ1v) is 14.5. The second-order valence-electron chi connectivity index (χ2n) is 11.0. The van der Waals surface area contributed by atoms with Gasteiger partial charge in [-0.2, -0.15) is 0 Å². The molecule has 42 heavy (non-hydrogen) atoms. The fourth-order valence-electron chi connectivity index (χ4n) is 6.91. The highest BCUT2D eigenvalue weighted by molar-refractivity contribution is 6.26. The van der Waals surface area contributed by atoms with Crippen LogP contribution in [0.5, 0.6) is 0 Å². The third kappa shape index (κ3) is 3.27. The molecule has 2 nitrogen and oxygen atoms in total. The highest BCUT2D eigenvalue weighted by atomic mass is 15.0. The molecular weight excluding hydrogens is 508 g/mol. The minimum absolute atomic E-state index is 1.17. The monoisotopic (exact) mass is 534 g/mol. The molecule has 0 fully saturated rings. The summed E-state index contributed by atoms with van der Waals surface area (Å²) in [6, 6.07) is 57.1. The Bertz CT molecular complexity index is 2440. The highest BCUT2D eigenvalue weighted by Crippen LogP contribution is 2.42. The summed E-state index contributed by atoms with van der Waals surface area (Å²) in [6.07, 6.45) is 0. The molecule has 0 aliphatic carbocycles. The van der Waals surface area contributed by atoms with E-state index < -0.39 is 0 Å². The van der Waals surface area contributed by atoms with Crippen molar-refractivity contribution in [2.45, 2.75) is 0 Å². The van der Waals surface area contributed by atoms with Gasteiger partial charge >= 0.3 is 0 Å². The minimum atomic E-state index is 1.17. The van der Waals surface area contributed by atoms with Gasteiger partial charge in [-0.15, -0.1) is 0 Å². The van der Waals surface area contributed by atoms with Crippen LogP contribution in [0.25, 0.3) is 76.9 Å². The first-order valence-electron chi connectivity index (χ1n) is 14.5. The molecule has 0 amide bonds. The molecule has 9 aromatic rings. The van der Waals surface area contributed by atoms with Gasteiger partial charge in [-0.25, -0.2) is 0 Å². The molecule has 0 unspecified atom stereocenters. The lowest BCUT2D eigenvalue weighted by molar-refractivity contribution is 1.18. The molecule has 0 atom stereocenters. The molecular formula is C40H26N2. The Kier molecular flexibility index (Phi) is 4.93. The Morgan fingerprint density at radius 1 is 0.357 bits per heavy atom. The second-order valence-corrected chi connectivity index (χ2v) is 11.0. The van der Waals surface area contributed by atoms with Gasteiger partial charge in [0.15, 0.2) is 0 Å². The Morgan fingerprint density at radius 3 is 1.83 bits per heavy atom. The summed E-state index contributed by atoms with van der Waals surface area (Å²) in [7, 11) is 0. The van der Waals surface area contributed by atoms with Gasteiger partial charge < -0.3 is 9.13 Å². The van der Waals surface area contributed by atoms with Gasteiger partial charge in [0.25, 0.3) is 0 Å². The summed E-state index contributed by atoms with van der Waals surface area (Å²) in [6.45, 7) is 0. The minimum Gasteiger partial charge on any atom is -0.309 e. The molecule has 0 aliphatic rings. The smallest absolute Gasteiger partial charge is 0.0641 e. The number of rotatable bonds is 3. The summed E-state index contributed by atoms with van der Waals surface area (Å²) >= 11 is 0. The van der Waals surface area contributed by atoms with Gasteiger partial charge in [0.1, 0.15) is 0 Å². The van der Waals surface area contributed by atoms with Crippen molar-refractivity contribution in [1.29, 1.82) is 0 Å². The lowest BCUT2D eigenvalue weighted by Crippen LogP contribution is -1.95. The average Bonchev–Trinajstić information content (AvgIpc) is 3.58. The van der Waals surface area contributed by atoms with E-state index in [1.807, 2.05) is 0 Å². The molecule has 0 saturated heterocycles. The van der Waals surface area contributed by atoms with Crippen molar-refractivity contribution in [3.05, 3.63) is 158 Å². The van der Waals surface area contributed by atoms with Gasteiger partial charge in [0, 0.05) is 32.9 Å². The number of aromatic nitrogens is 2. The molecule has 0 aliphatic heterocycles. The van der Waals surface area contributed by atoms with Gasteiger partial charge in [0.05, 0.1) is 22.1 Å². The van der Waals surface area contributed by atoms with E-state index in [4.69, 9.17) is 0 Å². The van der Waals surface area contributed by atoms with Crippen molar-refractivity contribution in [3.8, 4) is 22.5 Å². The fourth-order valence-corrected chi connectivity index (χ4v) is 6.91. The Hall–Kier alpha value is -5.60. The van der Waals surface area contributed by atoms with E-state index in [1.165, 1.54) is 76.9 Å². The molecule has 2 heterocycles. The highest BCUT2D eigenvalue weighted by Gasteiger charge is 2.20. The molecule has 196 valence electrons. The summed E-state index contributed by atoms with van der Waals surface area (Å²) in [5, 5.41) is 7.58. The van der Waals surface area contributed by atoms with Crippen molar-refractivity contribution >= 4 is 54.4 Å². The van der Waals surface area contributed by atoms with Crippen LogP contribution in [0.3, 0.4) is 0 Å². The van der Waals surface area contributed by atoms with E-state index in [9.17, 15) is 0 Å². The summed E-state index contributed by atoms with van der Waals surface area (Å²) in [5.41, 5.74) is 9.74. The maximum Gasteiger partial charge on any atom is 0.0641 e. The first-order chi connectivity index (χ1) is 20.9. The van der Waals surface area contributed by atoms with Crippen molar-refractivity contribution in [1.82, 2.24) is 9.13 Å². The zero-order chi connectivity index (χ0) is 27.6. The van der Waals surface area contributed by atoms with Crippen LogP contribution < -0.4 is 0 Å². The van der Waals surface area contributed by atoms with E-state index in [0.717, 1.165) is 0 Å². The number of para-hydroxylation sites is 3. The molecule has 2 aromatic heterocycles. The lowest BCUT2D eigenvalue weighted by Gasteiger charge is -2.13. The number of benzene rings is 7. The molecule has 0 N–H and O–H groups in total. The van der Waals surface area contributed by atoms with E-state index in [1.54, 1.807) is 0 Å². The summed E-state index contributed by atoms with van der Waals surface area (Å²) in [4.78, 5) is 0. The van der Waals surface area contributed by atoms with Crippen LogP contribution in [0.4, 0.5) is 0 Å². The first kappa shape index (κ1) is 23.1. The third-order valence-electron chi connectivity index (χ3n) is 8.69. The van der Waals surface area contributed by atoms with Crippen molar-refractivity contribution in [2.75, 3.05) is 0 Å². The van der Waals surface area contributed by atoms with Crippen LogP contribution in [0.15, 0.2) is 158 Å². The molecule has 0 spiro atoms. The predicted molar refractivity (Wildman–Crippen MR) is 178 cm³/mol. The quantitative estimate of drug-likeness (QED) is 0.213. The maximum atomic E-state index is 2.48. The zero-order valence-electron chi connectivity index (χ0n) is 22.9. The predicted octanol–water partition coefficient (Wildman–Crippen LogP) is 10.7. The number of hydrogen-bond acceptors (Lipinski definition) is 0. The van der Waals surface area contributed by atoms with E-state index in [2.05, 4.69) is 167 Å². The van der Waals surface area contributed by atoms with Gasteiger partial charge in [-0.05, 0) is 64.4 Å². The van der Waals surface area contributed by atoms with Gasteiger partial charge in [-0.3, -0.25) is 0 Å². The summed E-state index contributed by atoms with van der Waals surface area (Å²) < 4.78 is 4.88. The van der Waals surface area contributed by atoms with Gasteiger partial charge in [0.2, 0.25) is 0 Å². The molecule has 0 radical (unpaired) electrons. The van der Waals surface area contributed by atoms with Crippen LogP contribution >= 0.6 is 0 Å². The summed E-state index contributed by atoms with van der Waals surface area (Å²) in [5.74, 6) is 0. The number of fused-ring (bicyclic) bond motifs is 8. The third-order valence-corrected chi connectivity index (χ3v) is 8.69. The van der Waals surface area contributed by atoms with Crippen molar-refractivity contribution < 1.29 is 0 Å². The topological polar surface area (TPSA) is 9.86 Å². The van der Waals surface area contributed by atoms with E-state index in [-0.39, 0.29) is 0 Å². The Balaban J connectivity index is 1.41. The van der Waals surface area contributed by atoms with Crippen LogP contribution in [0.2, 0.25) is 0 Å². The van der Waals surface area contributed by atoms with Crippen molar-refractivity contribution in [2.24, 2.45) is 0 Å². The van der Waals surface area contributed by atoms with Gasteiger partial charge in [-0.1, -0.05) is 115 Å². The fraction of sp³-hybridized carbons (Fsp3) is 0. The lowest BCUT2D eigenvalue weighted by atomic mass is 9.98. The maximum absolute atomic E-state index is 2.48. The largest absolute Gasteiger partial charge is 0.309 e. The molecule has 2 heteroatoms. The van der Waals surface area contributed by atoms with Crippen LogP contribution in [0.1, 0.15) is 0 Å². The molecule has 0 saturated carbocycles. The van der Waals surface area contributed by atoms with E-state index >= 15 is 0 Å². The van der Waals surface area contributed by atoms with Crippen LogP contribution in [-0.2, 0) is 0 Å². The average molecular weight is 535 g/mol. The van der Waals surface area contributed by atoms with Crippen LogP contribution in [0, 0.1) is 0 Å². The Labute approximate surface area is 243 Å². The SMILES string of the molecule is c1ccc(-c2cccc3cc(-n4c5ccccc5c5ccc6c(c7ccccc7n6-c6ccccc6)c54)ccc23)cc1. The molecule has 0 bridgehead atoms. The van der Waals surface area contributed by atoms with Crippen molar-refractivity contribution in [3.63, 3.8) is 0 Å². The van der Waals surface area contributed by atoms with Crippen LogP contribution in [-0.4, -0.2) is 9.13 Å². The number of nitrogens with zero attached hydrogens (tertiary/aromatic N) is 2. The normalized spacial score (nSPS) is 11.8. The number of hydrogen-bond donors (Lipinski definition) is 0. The molecule has 9 rings (SSSR count). The Morgan fingerprint density at radius 2 is 1.02 bits per heavy atom. The standard InChI is InChI=1S/C40H26N2/c1-3-12-27(13-4-1)31-19-11-14-28-26-30(22-23-32(28)31)42-36-20-9-7-17-33(36)34-24-25-38-39(40(34)42)35-18-8-10-21-37(35)41(38)29-15-5-2-6-16-29/h1-26H. The van der Waals surface area contributed by atoms with E-state index in [0.29, 0.717) is 0 Å². The second kappa shape index (κ2) is 8.95.